The third-order valence-corrected chi connectivity index (χ3v) is 2.69. The predicted molar refractivity (Wildman–Crippen MR) is 70.7 cm³/mol. The summed E-state index contributed by atoms with van der Waals surface area (Å²) in [6, 6.07) is 0. The first-order chi connectivity index (χ1) is 7.61. The number of allylic oxidation sites excluding steroid dienone is 8. The first-order valence-corrected chi connectivity index (χ1v) is 6.15. The molecule has 2 rings (SSSR count). The van der Waals surface area contributed by atoms with Crippen LogP contribution in [0.2, 0.25) is 0 Å². The Labute approximate surface area is 117 Å². The Bertz CT molecular complexity index is 293. The number of hydrogen-bond acceptors (Lipinski definition) is 0. The standard InChI is InChI=1S/2C8H11.Fe/c2*1-7(2)8-5-3-4-6-8;/h2*3,5,7H,4H2,1-2H3;/q2*-1;+2. The molecule has 1 heteroatoms. The van der Waals surface area contributed by atoms with Gasteiger partial charge in [-0.3, -0.25) is 12.2 Å². The van der Waals surface area contributed by atoms with E-state index < -0.39 is 0 Å². The minimum Gasteiger partial charge on any atom is -0.269 e. The van der Waals surface area contributed by atoms with Crippen LogP contribution >= 0.6 is 0 Å². The van der Waals surface area contributed by atoms with Gasteiger partial charge in [-0.25, -0.2) is 23.3 Å². The normalized spacial score (nSPS) is 16.6. The summed E-state index contributed by atoms with van der Waals surface area (Å²) in [6.45, 7) is 8.77. The average Bonchev–Trinajstić information content (AvgIpc) is 2.93. The van der Waals surface area contributed by atoms with Gasteiger partial charge in [-0.2, -0.15) is 12.2 Å². The van der Waals surface area contributed by atoms with E-state index in [2.05, 4.69) is 64.2 Å². The van der Waals surface area contributed by atoms with E-state index in [4.69, 9.17) is 0 Å². The van der Waals surface area contributed by atoms with Crippen LogP contribution in [0.25, 0.3) is 0 Å². The molecule has 0 fully saturated rings. The minimum atomic E-state index is 0. The Hall–Kier alpha value is -0.521. The van der Waals surface area contributed by atoms with Gasteiger partial charge < -0.3 is 0 Å². The molecule has 0 nitrogen and oxygen atoms in total. The molecule has 0 atom stereocenters. The van der Waals surface area contributed by atoms with Crippen molar-refractivity contribution in [3.05, 3.63) is 47.6 Å². The second-order valence-corrected chi connectivity index (χ2v) is 4.79. The Morgan fingerprint density at radius 3 is 1.29 bits per heavy atom. The Morgan fingerprint density at radius 1 is 0.824 bits per heavy atom. The van der Waals surface area contributed by atoms with Crippen LogP contribution in [0.4, 0.5) is 0 Å². The first kappa shape index (κ1) is 16.5. The molecule has 0 amide bonds. The van der Waals surface area contributed by atoms with E-state index in [1.165, 1.54) is 11.1 Å². The molecular weight excluding hydrogens is 248 g/mol. The summed E-state index contributed by atoms with van der Waals surface area (Å²) in [4.78, 5) is 0. The van der Waals surface area contributed by atoms with E-state index >= 15 is 0 Å². The zero-order chi connectivity index (χ0) is 12.0. The second-order valence-electron chi connectivity index (χ2n) is 4.79. The molecular formula is C16H22Fe. The van der Waals surface area contributed by atoms with Crippen LogP contribution in [0, 0.1) is 24.0 Å². The van der Waals surface area contributed by atoms with Gasteiger partial charge in [0.1, 0.15) is 0 Å². The molecule has 0 saturated heterocycles. The van der Waals surface area contributed by atoms with Crippen LogP contribution in [-0.4, -0.2) is 0 Å². The third-order valence-electron chi connectivity index (χ3n) is 2.69. The van der Waals surface area contributed by atoms with E-state index in [0.717, 1.165) is 12.8 Å². The predicted octanol–water partition coefficient (Wildman–Crippen LogP) is 4.66. The van der Waals surface area contributed by atoms with Crippen LogP contribution in [0.15, 0.2) is 35.5 Å². The maximum Gasteiger partial charge on any atom is 2.00 e. The topological polar surface area (TPSA) is 0 Å². The monoisotopic (exact) mass is 270 g/mol. The van der Waals surface area contributed by atoms with Gasteiger partial charge in [0.25, 0.3) is 0 Å². The molecule has 17 heavy (non-hydrogen) atoms. The molecule has 94 valence electrons. The van der Waals surface area contributed by atoms with Gasteiger partial charge in [-0.1, -0.05) is 39.5 Å². The molecule has 0 unspecified atom stereocenters. The minimum absolute atomic E-state index is 0. The Kier molecular flexibility index (Phi) is 8.29. The fourth-order valence-corrected chi connectivity index (χ4v) is 1.64. The molecule has 0 bridgehead atoms. The summed E-state index contributed by atoms with van der Waals surface area (Å²) in [7, 11) is 0. The molecule has 0 N–H and O–H groups in total. The van der Waals surface area contributed by atoms with Crippen LogP contribution in [0.3, 0.4) is 0 Å². The molecule has 2 aliphatic carbocycles. The molecule has 0 aromatic heterocycles. The second kappa shape index (κ2) is 8.55. The van der Waals surface area contributed by atoms with Crippen molar-refractivity contribution in [2.75, 3.05) is 0 Å². The summed E-state index contributed by atoms with van der Waals surface area (Å²) in [6.07, 6.45) is 17.2. The van der Waals surface area contributed by atoms with Gasteiger partial charge in [0, 0.05) is 0 Å². The van der Waals surface area contributed by atoms with Gasteiger partial charge in [0.2, 0.25) is 0 Å². The van der Waals surface area contributed by atoms with E-state index in [1.54, 1.807) is 0 Å². The first-order valence-electron chi connectivity index (χ1n) is 6.15. The summed E-state index contributed by atoms with van der Waals surface area (Å²) in [5.41, 5.74) is 2.73. The summed E-state index contributed by atoms with van der Waals surface area (Å²) in [5, 5.41) is 0. The SMILES string of the molecule is CC(C)C1=[C-]CC=C1.CC(C)C1=[C-]CC=C1.[Fe+2]. The van der Waals surface area contributed by atoms with E-state index in [9.17, 15) is 0 Å². The molecule has 0 radical (unpaired) electrons. The summed E-state index contributed by atoms with van der Waals surface area (Å²) in [5.74, 6) is 1.32. The van der Waals surface area contributed by atoms with Gasteiger partial charge in [-0.05, 0) is 0 Å². The van der Waals surface area contributed by atoms with Gasteiger partial charge >= 0.3 is 17.1 Å². The third kappa shape index (κ3) is 6.10. The average molecular weight is 270 g/mol. The van der Waals surface area contributed by atoms with Crippen molar-refractivity contribution in [1.29, 1.82) is 0 Å². The van der Waals surface area contributed by atoms with Crippen molar-refractivity contribution in [1.82, 2.24) is 0 Å². The summed E-state index contributed by atoms with van der Waals surface area (Å²) < 4.78 is 0. The molecule has 0 aliphatic heterocycles. The fraction of sp³-hybridized carbons (Fsp3) is 0.500. The van der Waals surface area contributed by atoms with Crippen molar-refractivity contribution >= 4 is 0 Å². The van der Waals surface area contributed by atoms with E-state index in [1.807, 2.05) is 0 Å². The molecule has 0 heterocycles. The summed E-state index contributed by atoms with van der Waals surface area (Å²) >= 11 is 0. The van der Waals surface area contributed by atoms with E-state index in [0.29, 0.717) is 11.8 Å². The van der Waals surface area contributed by atoms with E-state index in [-0.39, 0.29) is 17.1 Å². The van der Waals surface area contributed by atoms with Gasteiger partial charge in [0.05, 0.1) is 0 Å². The zero-order valence-corrected chi connectivity index (χ0v) is 12.3. The number of hydrogen-bond donors (Lipinski definition) is 0. The van der Waals surface area contributed by atoms with Crippen molar-refractivity contribution in [2.45, 2.75) is 40.5 Å². The zero-order valence-electron chi connectivity index (χ0n) is 11.2. The largest absolute Gasteiger partial charge is 2.00 e. The van der Waals surface area contributed by atoms with Crippen molar-refractivity contribution < 1.29 is 17.1 Å². The van der Waals surface area contributed by atoms with Gasteiger partial charge in [0.15, 0.2) is 0 Å². The van der Waals surface area contributed by atoms with Gasteiger partial charge in [-0.15, -0.1) is 12.8 Å². The number of rotatable bonds is 2. The van der Waals surface area contributed by atoms with Crippen LogP contribution in [0.1, 0.15) is 40.5 Å². The maximum absolute atomic E-state index is 3.26. The fourth-order valence-electron chi connectivity index (χ4n) is 1.64. The van der Waals surface area contributed by atoms with Crippen LogP contribution in [0.5, 0.6) is 0 Å². The molecule has 0 aromatic carbocycles. The van der Waals surface area contributed by atoms with Crippen LogP contribution in [-0.2, 0) is 17.1 Å². The maximum atomic E-state index is 3.26. The van der Waals surface area contributed by atoms with Crippen molar-refractivity contribution in [3.63, 3.8) is 0 Å². The van der Waals surface area contributed by atoms with Crippen LogP contribution < -0.4 is 0 Å². The molecule has 0 aromatic rings. The smallest absolute Gasteiger partial charge is 0.269 e. The Balaban J connectivity index is 0.000000284. The van der Waals surface area contributed by atoms with Crippen molar-refractivity contribution in [3.8, 4) is 0 Å². The van der Waals surface area contributed by atoms with Crippen molar-refractivity contribution in [2.24, 2.45) is 11.8 Å². The molecule has 0 saturated carbocycles. The quantitative estimate of drug-likeness (QED) is 0.505. The molecule has 0 spiro atoms. The Morgan fingerprint density at radius 2 is 1.18 bits per heavy atom. The molecule has 2 aliphatic rings.